The summed E-state index contributed by atoms with van der Waals surface area (Å²) in [6, 6.07) is 33.2. The standard InChI is InChI=1S/C50H58O2P2/c1-30-17-31(2)22-40(21-30)53(41-23-32(3)18-33(4)24-41)45-16-15-44(51-13)38(9)47(45)48-39(10)49(52-14)50(11,12)29-46(48)54(42-25-34(5)19-35(6)26-42)43-27-36(7)20-37(8)28-43/h15-28H,29H2,1-14H3. The topological polar surface area (TPSA) is 18.5 Å². The molecule has 280 valence electrons. The Labute approximate surface area is 328 Å². The van der Waals surface area contributed by atoms with Crippen LogP contribution in [0.3, 0.4) is 0 Å². The molecule has 0 bridgehead atoms. The van der Waals surface area contributed by atoms with Gasteiger partial charge in [-0.25, -0.2) is 0 Å². The van der Waals surface area contributed by atoms with Gasteiger partial charge in [0.15, 0.2) is 0 Å². The third-order valence-electron chi connectivity index (χ3n) is 10.7. The summed E-state index contributed by atoms with van der Waals surface area (Å²) in [7, 11) is 1.77. The summed E-state index contributed by atoms with van der Waals surface area (Å²) in [5.74, 6) is 1.97. The summed E-state index contributed by atoms with van der Waals surface area (Å²) in [4.78, 5) is 0. The zero-order valence-corrected chi connectivity index (χ0v) is 36.8. The van der Waals surface area contributed by atoms with Gasteiger partial charge in [-0.05, 0) is 158 Å². The van der Waals surface area contributed by atoms with E-state index in [2.05, 4.69) is 168 Å². The van der Waals surface area contributed by atoms with Crippen molar-refractivity contribution in [3.05, 3.63) is 157 Å². The van der Waals surface area contributed by atoms with E-state index in [1.165, 1.54) is 98.6 Å². The Kier molecular flexibility index (Phi) is 11.5. The molecule has 0 aliphatic heterocycles. The summed E-state index contributed by atoms with van der Waals surface area (Å²) < 4.78 is 12.6. The maximum atomic E-state index is 6.44. The fourth-order valence-electron chi connectivity index (χ4n) is 8.99. The molecule has 0 amide bonds. The molecule has 0 spiro atoms. The maximum Gasteiger partial charge on any atom is 0.122 e. The van der Waals surface area contributed by atoms with Crippen LogP contribution in [0.4, 0.5) is 0 Å². The number of aryl methyl sites for hydroxylation is 8. The minimum absolute atomic E-state index is 0.199. The van der Waals surface area contributed by atoms with Gasteiger partial charge in [-0.15, -0.1) is 0 Å². The van der Waals surface area contributed by atoms with E-state index in [0.29, 0.717) is 0 Å². The van der Waals surface area contributed by atoms with Gasteiger partial charge < -0.3 is 9.47 Å². The van der Waals surface area contributed by atoms with Crippen LogP contribution in [0.1, 0.15) is 82.8 Å². The zero-order chi connectivity index (χ0) is 39.2. The molecule has 4 heteroatoms. The zero-order valence-electron chi connectivity index (χ0n) is 35.0. The quantitative estimate of drug-likeness (QED) is 0.140. The van der Waals surface area contributed by atoms with E-state index in [-0.39, 0.29) is 5.41 Å². The summed E-state index contributed by atoms with van der Waals surface area (Å²) in [6.45, 7) is 27.2. The normalized spacial score (nSPS) is 14.4. The predicted octanol–water partition coefficient (Wildman–Crippen LogP) is 11.4. The molecule has 0 unspecified atom stereocenters. The Morgan fingerprint density at radius 1 is 0.481 bits per heavy atom. The van der Waals surface area contributed by atoms with Crippen molar-refractivity contribution in [1.29, 1.82) is 0 Å². The van der Waals surface area contributed by atoms with Crippen LogP contribution in [-0.2, 0) is 4.74 Å². The Balaban J connectivity index is 1.83. The van der Waals surface area contributed by atoms with E-state index in [0.717, 1.165) is 17.9 Å². The summed E-state index contributed by atoms with van der Waals surface area (Å²) in [6.07, 6.45) is 0.885. The first-order valence-electron chi connectivity index (χ1n) is 19.1. The molecule has 0 fully saturated rings. The smallest absolute Gasteiger partial charge is 0.122 e. The average Bonchev–Trinajstić information content (AvgIpc) is 3.04. The first kappa shape index (κ1) is 39.7. The van der Waals surface area contributed by atoms with Crippen LogP contribution in [0.2, 0.25) is 0 Å². The first-order valence-corrected chi connectivity index (χ1v) is 21.8. The Hall–Kier alpha value is -3.96. The van der Waals surface area contributed by atoms with E-state index in [1.807, 2.05) is 14.2 Å². The van der Waals surface area contributed by atoms with Crippen molar-refractivity contribution < 1.29 is 9.47 Å². The van der Waals surface area contributed by atoms with E-state index < -0.39 is 15.8 Å². The fourth-order valence-corrected chi connectivity index (χ4v) is 15.2. The highest BCUT2D eigenvalue weighted by atomic mass is 31.1. The van der Waals surface area contributed by atoms with Gasteiger partial charge in [0.1, 0.15) is 11.5 Å². The average molecular weight is 753 g/mol. The number of methoxy groups -OCH3 is 2. The molecule has 0 atom stereocenters. The van der Waals surface area contributed by atoms with Gasteiger partial charge >= 0.3 is 0 Å². The summed E-state index contributed by atoms with van der Waals surface area (Å²) in [5, 5.41) is 8.40. The number of allylic oxidation sites excluding steroid dienone is 4. The van der Waals surface area contributed by atoms with Crippen molar-refractivity contribution in [3.8, 4) is 5.75 Å². The molecular weight excluding hydrogens is 694 g/mol. The lowest BCUT2D eigenvalue weighted by Crippen LogP contribution is -2.29. The molecule has 2 nitrogen and oxygen atoms in total. The second-order valence-corrected chi connectivity index (χ2v) is 20.8. The van der Waals surface area contributed by atoms with Gasteiger partial charge in [0.05, 0.1) is 14.2 Å². The monoisotopic (exact) mass is 752 g/mol. The lowest BCUT2D eigenvalue weighted by atomic mass is 9.76. The largest absolute Gasteiger partial charge is 0.500 e. The highest BCUT2D eigenvalue weighted by Gasteiger charge is 2.40. The fraction of sp³-hybridized carbons (Fsp3) is 0.320. The third-order valence-corrected chi connectivity index (χ3v) is 15.5. The molecule has 5 aromatic carbocycles. The van der Waals surface area contributed by atoms with Crippen molar-refractivity contribution in [2.75, 3.05) is 14.2 Å². The highest BCUT2D eigenvalue weighted by molar-refractivity contribution is 7.80. The van der Waals surface area contributed by atoms with Crippen LogP contribution < -0.4 is 31.3 Å². The van der Waals surface area contributed by atoms with Crippen molar-refractivity contribution in [1.82, 2.24) is 0 Å². The molecule has 0 saturated heterocycles. The number of ether oxygens (including phenoxy) is 2. The molecule has 6 rings (SSSR count). The third kappa shape index (κ3) is 7.89. The van der Waals surface area contributed by atoms with Crippen LogP contribution in [0.15, 0.2) is 102 Å². The Morgan fingerprint density at radius 2 is 0.852 bits per heavy atom. The number of hydrogen-bond acceptors (Lipinski definition) is 2. The van der Waals surface area contributed by atoms with E-state index in [9.17, 15) is 0 Å². The van der Waals surface area contributed by atoms with Gasteiger partial charge in [-0.1, -0.05) is 131 Å². The van der Waals surface area contributed by atoms with Crippen LogP contribution in [0.5, 0.6) is 5.75 Å². The Bertz CT molecular complexity index is 2140. The molecule has 0 saturated carbocycles. The second-order valence-electron chi connectivity index (χ2n) is 16.4. The van der Waals surface area contributed by atoms with Crippen LogP contribution >= 0.6 is 15.8 Å². The van der Waals surface area contributed by atoms with Crippen molar-refractivity contribution in [2.24, 2.45) is 5.41 Å². The summed E-state index contributed by atoms with van der Waals surface area (Å²) >= 11 is 0. The molecule has 1 aliphatic carbocycles. The number of rotatable bonds is 9. The van der Waals surface area contributed by atoms with Crippen molar-refractivity contribution >= 4 is 47.9 Å². The van der Waals surface area contributed by atoms with Crippen LogP contribution in [-0.4, -0.2) is 14.2 Å². The maximum absolute atomic E-state index is 6.44. The minimum Gasteiger partial charge on any atom is -0.500 e. The highest BCUT2D eigenvalue weighted by Crippen LogP contribution is 2.59. The van der Waals surface area contributed by atoms with E-state index in [4.69, 9.17) is 9.47 Å². The lowest BCUT2D eigenvalue weighted by Gasteiger charge is -2.40. The minimum atomic E-state index is -0.965. The van der Waals surface area contributed by atoms with Gasteiger partial charge in [-0.3, -0.25) is 0 Å². The van der Waals surface area contributed by atoms with E-state index >= 15 is 0 Å². The molecule has 1 aliphatic rings. The summed E-state index contributed by atoms with van der Waals surface area (Å²) in [5.41, 5.74) is 15.2. The van der Waals surface area contributed by atoms with E-state index in [1.54, 1.807) is 0 Å². The van der Waals surface area contributed by atoms with Crippen molar-refractivity contribution in [3.63, 3.8) is 0 Å². The second kappa shape index (κ2) is 15.6. The Morgan fingerprint density at radius 3 is 1.20 bits per heavy atom. The van der Waals surface area contributed by atoms with Crippen LogP contribution in [0, 0.1) is 67.7 Å². The van der Waals surface area contributed by atoms with Crippen molar-refractivity contribution in [2.45, 2.75) is 89.5 Å². The van der Waals surface area contributed by atoms with Gasteiger partial charge in [0.2, 0.25) is 0 Å². The number of hydrogen-bond donors (Lipinski definition) is 0. The molecule has 0 N–H and O–H groups in total. The van der Waals surface area contributed by atoms with Gasteiger partial charge in [-0.2, -0.15) is 0 Å². The SMILES string of the molecule is COC1=C(C)C(c2c(P(c3cc(C)cc(C)c3)c3cc(C)cc(C)c3)ccc(OC)c2C)=C(P(c2cc(C)cc(C)c2)c2cc(C)cc(C)c2)CC1(C)C. The number of benzene rings is 5. The van der Waals surface area contributed by atoms with Gasteiger partial charge in [0, 0.05) is 5.41 Å². The molecule has 54 heavy (non-hydrogen) atoms. The molecule has 5 aromatic rings. The van der Waals surface area contributed by atoms with Crippen LogP contribution in [0.25, 0.3) is 5.57 Å². The van der Waals surface area contributed by atoms with Gasteiger partial charge in [0.25, 0.3) is 0 Å². The molecule has 0 radical (unpaired) electrons. The lowest BCUT2D eigenvalue weighted by molar-refractivity contribution is 0.189. The predicted molar refractivity (Wildman–Crippen MR) is 238 cm³/mol. The first-order chi connectivity index (χ1) is 25.5. The molecule has 0 heterocycles. The molecular formula is C50H58O2P2. The molecule has 0 aromatic heterocycles.